The molecule has 2 amide bonds. The Balaban J connectivity index is 2.30. The number of carbonyl (C=O) groups is 2. The molecule has 0 bridgehead atoms. The number of aliphatic hydroxyl groups excluding tert-OH is 2. The Morgan fingerprint density at radius 3 is 1.45 bits per heavy atom. The summed E-state index contributed by atoms with van der Waals surface area (Å²) < 4.78 is 0. The van der Waals surface area contributed by atoms with Crippen molar-refractivity contribution in [3.63, 3.8) is 0 Å². The first kappa shape index (κ1) is 18.1. The van der Waals surface area contributed by atoms with Gasteiger partial charge in [0, 0.05) is 39.1 Å². The molecule has 0 heterocycles. The Kier molecular flexibility index (Phi) is 8.86. The largest absolute Gasteiger partial charge is 0.396 e. The third kappa shape index (κ3) is 7.75. The maximum absolute atomic E-state index is 11.4. The molecule has 22 heavy (non-hydrogen) atoms. The molecule has 0 aliphatic heterocycles. The van der Waals surface area contributed by atoms with Crippen molar-refractivity contribution in [2.45, 2.75) is 38.8 Å². The summed E-state index contributed by atoms with van der Waals surface area (Å²) in [5.41, 5.74) is 1.96. The minimum Gasteiger partial charge on any atom is -0.396 e. The van der Waals surface area contributed by atoms with E-state index in [1.807, 2.05) is 24.3 Å². The molecule has 4 N–H and O–H groups in total. The van der Waals surface area contributed by atoms with Gasteiger partial charge in [0.25, 0.3) is 0 Å². The molecule has 0 saturated carbocycles. The molecule has 122 valence electrons. The van der Waals surface area contributed by atoms with Crippen LogP contribution in [0, 0.1) is 0 Å². The van der Waals surface area contributed by atoms with Crippen LogP contribution < -0.4 is 10.6 Å². The second kappa shape index (κ2) is 10.8. The van der Waals surface area contributed by atoms with Gasteiger partial charge in [-0.25, -0.2) is 0 Å². The van der Waals surface area contributed by atoms with Gasteiger partial charge in [0.05, 0.1) is 0 Å². The summed E-state index contributed by atoms with van der Waals surface area (Å²) in [7, 11) is 0. The zero-order valence-electron chi connectivity index (χ0n) is 12.7. The van der Waals surface area contributed by atoms with Crippen LogP contribution in [-0.2, 0) is 22.7 Å². The molecule has 0 fully saturated rings. The molecule has 0 aliphatic carbocycles. The van der Waals surface area contributed by atoms with Crippen LogP contribution in [0.15, 0.2) is 24.3 Å². The SMILES string of the molecule is O=C(CCCO)NCc1ccc(CNC(=O)CCCO)cc1. The standard InChI is InChI=1S/C16H24N2O4/c19-9-1-3-15(21)17-11-13-5-7-14(8-6-13)12-18-16(22)4-2-10-20/h5-8,19-20H,1-4,9-12H2,(H,17,21)(H,18,22). The third-order valence-electron chi connectivity index (χ3n) is 3.13. The summed E-state index contributed by atoms with van der Waals surface area (Å²) in [6, 6.07) is 7.62. The van der Waals surface area contributed by atoms with Crippen LogP contribution in [0.2, 0.25) is 0 Å². The number of hydrogen-bond donors (Lipinski definition) is 4. The normalized spacial score (nSPS) is 10.3. The van der Waals surface area contributed by atoms with Gasteiger partial charge in [0.1, 0.15) is 0 Å². The second-order valence-corrected chi connectivity index (χ2v) is 5.02. The minimum atomic E-state index is -0.0747. The van der Waals surface area contributed by atoms with E-state index in [-0.39, 0.29) is 25.0 Å². The molecule has 6 heteroatoms. The Morgan fingerprint density at radius 2 is 1.14 bits per heavy atom. The summed E-state index contributed by atoms with van der Waals surface area (Å²) in [6.07, 6.45) is 1.60. The molecule has 0 unspecified atom stereocenters. The minimum absolute atomic E-state index is 0.0200. The zero-order chi connectivity index (χ0) is 16.2. The highest BCUT2D eigenvalue weighted by molar-refractivity contribution is 5.76. The summed E-state index contributed by atoms with van der Waals surface area (Å²) in [6.45, 7) is 0.944. The van der Waals surface area contributed by atoms with Crippen molar-refractivity contribution >= 4 is 11.8 Å². The fourth-order valence-electron chi connectivity index (χ4n) is 1.83. The van der Waals surface area contributed by atoms with Crippen LogP contribution in [0.5, 0.6) is 0 Å². The summed E-state index contributed by atoms with van der Waals surface area (Å²) in [4.78, 5) is 22.8. The maximum atomic E-state index is 11.4. The van der Waals surface area contributed by atoms with E-state index in [9.17, 15) is 9.59 Å². The molecule has 0 aliphatic rings. The molecule has 1 aromatic carbocycles. The Hall–Kier alpha value is -1.92. The lowest BCUT2D eigenvalue weighted by atomic mass is 10.1. The van der Waals surface area contributed by atoms with Gasteiger partial charge in [-0.3, -0.25) is 9.59 Å². The van der Waals surface area contributed by atoms with Crippen LogP contribution in [0.25, 0.3) is 0 Å². The first-order valence-electron chi connectivity index (χ1n) is 7.48. The maximum Gasteiger partial charge on any atom is 0.220 e. The van der Waals surface area contributed by atoms with E-state index < -0.39 is 0 Å². The average molecular weight is 308 g/mol. The third-order valence-corrected chi connectivity index (χ3v) is 3.13. The number of hydrogen-bond acceptors (Lipinski definition) is 4. The van der Waals surface area contributed by atoms with Crippen LogP contribution in [0.1, 0.15) is 36.8 Å². The van der Waals surface area contributed by atoms with Crippen LogP contribution >= 0.6 is 0 Å². The lowest BCUT2D eigenvalue weighted by Gasteiger charge is -2.07. The van der Waals surface area contributed by atoms with Gasteiger partial charge >= 0.3 is 0 Å². The van der Waals surface area contributed by atoms with E-state index >= 15 is 0 Å². The van der Waals surface area contributed by atoms with Gasteiger partial charge in [0.2, 0.25) is 11.8 Å². The molecular weight excluding hydrogens is 284 g/mol. The Labute approximate surface area is 130 Å². The van der Waals surface area contributed by atoms with E-state index in [0.29, 0.717) is 38.8 Å². The van der Waals surface area contributed by atoms with E-state index in [1.54, 1.807) is 0 Å². The fraction of sp³-hybridized carbons (Fsp3) is 0.500. The number of rotatable bonds is 10. The summed E-state index contributed by atoms with van der Waals surface area (Å²) >= 11 is 0. The molecular formula is C16H24N2O4. The van der Waals surface area contributed by atoms with Gasteiger partial charge in [-0.05, 0) is 24.0 Å². The quantitative estimate of drug-likeness (QED) is 0.505. The summed E-state index contributed by atoms with van der Waals surface area (Å²) in [5.74, 6) is -0.149. The van der Waals surface area contributed by atoms with Gasteiger partial charge in [-0.1, -0.05) is 24.3 Å². The van der Waals surface area contributed by atoms with Gasteiger partial charge < -0.3 is 20.8 Å². The number of benzene rings is 1. The molecule has 0 saturated heterocycles. The van der Waals surface area contributed by atoms with E-state index in [1.165, 1.54) is 0 Å². The van der Waals surface area contributed by atoms with Crippen molar-refractivity contribution in [3.05, 3.63) is 35.4 Å². The topological polar surface area (TPSA) is 98.7 Å². The number of carbonyl (C=O) groups excluding carboxylic acids is 2. The highest BCUT2D eigenvalue weighted by Crippen LogP contribution is 2.04. The van der Waals surface area contributed by atoms with Crippen LogP contribution in [0.4, 0.5) is 0 Å². The fourth-order valence-corrected chi connectivity index (χ4v) is 1.83. The number of aliphatic hydroxyl groups is 2. The smallest absolute Gasteiger partial charge is 0.220 e. The van der Waals surface area contributed by atoms with Crippen molar-refractivity contribution in [1.82, 2.24) is 10.6 Å². The first-order chi connectivity index (χ1) is 10.7. The van der Waals surface area contributed by atoms with Crippen molar-refractivity contribution in [2.24, 2.45) is 0 Å². The molecule has 0 aromatic heterocycles. The van der Waals surface area contributed by atoms with Gasteiger partial charge in [-0.15, -0.1) is 0 Å². The highest BCUT2D eigenvalue weighted by atomic mass is 16.3. The monoisotopic (exact) mass is 308 g/mol. The van der Waals surface area contributed by atoms with Crippen molar-refractivity contribution < 1.29 is 19.8 Å². The van der Waals surface area contributed by atoms with E-state index in [0.717, 1.165) is 11.1 Å². The lowest BCUT2D eigenvalue weighted by molar-refractivity contribution is -0.122. The molecule has 0 radical (unpaired) electrons. The van der Waals surface area contributed by atoms with Crippen LogP contribution in [0.3, 0.4) is 0 Å². The van der Waals surface area contributed by atoms with Gasteiger partial charge in [-0.2, -0.15) is 0 Å². The average Bonchev–Trinajstić information content (AvgIpc) is 2.55. The molecule has 0 spiro atoms. The van der Waals surface area contributed by atoms with Crippen molar-refractivity contribution in [2.75, 3.05) is 13.2 Å². The Morgan fingerprint density at radius 1 is 0.773 bits per heavy atom. The predicted octanol–water partition coefficient (Wildman–Crippen LogP) is 0.464. The lowest BCUT2D eigenvalue weighted by Crippen LogP contribution is -2.23. The Bertz CT molecular complexity index is 417. The molecule has 6 nitrogen and oxygen atoms in total. The predicted molar refractivity (Wildman–Crippen MR) is 82.8 cm³/mol. The van der Waals surface area contributed by atoms with Crippen LogP contribution in [-0.4, -0.2) is 35.2 Å². The van der Waals surface area contributed by atoms with Crippen molar-refractivity contribution in [1.29, 1.82) is 0 Å². The van der Waals surface area contributed by atoms with Crippen molar-refractivity contribution in [3.8, 4) is 0 Å². The molecule has 0 atom stereocenters. The molecule has 1 aromatic rings. The molecule has 1 rings (SSSR count). The highest BCUT2D eigenvalue weighted by Gasteiger charge is 2.02. The van der Waals surface area contributed by atoms with E-state index in [2.05, 4.69) is 10.6 Å². The van der Waals surface area contributed by atoms with Gasteiger partial charge in [0.15, 0.2) is 0 Å². The summed E-state index contributed by atoms with van der Waals surface area (Å²) in [5, 5.41) is 22.9. The number of nitrogens with one attached hydrogen (secondary N) is 2. The second-order valence-electron chi connectivity index (χ2n) is 5.02. The van der Waals surface area contributed by atoms with E-state index in [4.69, 9.17) is 10.2 Å². The number of amides is 2. The first-order valence-corrected chi connectivity index (χ1v) is 7.48. The zero-order valence-corrected chi connectivity index (χ0v) is 12.7.